The van der Waals surface area contributed by atoms with E-state index in [0.29, 0.717) is 23.7 Å². The Kier molecular flexibility index (Phi) is 7.88. The first-order valence-electron chi connectivity index (χ1n) is 13.0. The van der Waals surface area contributed by atoms with E-state index in [1.165, 1.54) is 58.4 Å². The minimum atomic E-state index is 0.0646. The maximum absolute atomic E-state index is 6.45. The molecule has 178 valence electrons. The highest BCUT2D eigenvalue weighted by Gasteiger charge is 2.35. The van der Waals surface area contributed by atoms with Crippen molar-refractivity contribution in [2.24, 2.45) is 22.7 Å². The summed E-state index contributed by atoms with van der Waals surface area (Å²) in [7, 11) is 0. The number of piperidine rings is 2. The molecule has 31 heavy (non-hydrogen) atoms. The molecule has 3 heteroatoms. The zero-order valence-electron chi connectivity index (χ0n) is 21.9. The lowest BCUT2D eigenvalue weighted by atomic mass is 9.69. The van der Waals surface area contributed by atoms with E-state index in [2.05, 4.69) is 77.0 Å². The normalized spacial score (nSPS) is 28.1. The lowest BCUT2D eigenvalue weighted by Gasteiger charge is -2.43. The zero-order valence-corrected chi connectivity index (χ0v) is 21.9. The summed E-state index contributed by atoms with van der Waals surface area (Å²) in [6.07, 6.45) is 8.36. The van der Waals surface area contributed by atoms with Crippen LogP contribution in [0.5, 0.6) is 0 Å². The van der Waals surface area contributed by atoms with Gasteiger partial charge in [0.2, 0.25) is 0 Å². The van der Waals surface area contributed by atoms with Crippen molar-refractivity contribution in [2.75, 3.05) is 32.7 Å². The van der Waals surface area contributed by atoms with Gasteiger partial charge in [0.1, 0.15) is 0 Å². The van der Waals surface area contributed by atoms with Gasteiger partial charge < -0.3 is 9.64 Å². The van der Waals surface area contributed by atoms with Crippen molar-refractivity contribution in [3.63, 3.8) is 0 Å². The largest absolute Gasteiger partial charge is 0.375 e. The third kappa shape index (κ3) is 6.96. The second-order valence-electron chi connectivity index (χ2n) is 13.2. The smallest absolute Gasteiger partial charge is 0.0603 e. The highest BCUT2D eigenvalue weighted by Crippen LogP contribution is 2.38. The van der Waals surface area contributed by atoms with Crippen LogP contribution in [-0.4, -0.2) is 60.3 Å². The second-order valence-corrected chi connectivity index (χ2v) is 13.2. The second kappa shape index (κ2) is 9.74. The molecule has 2 aliphatic heterocycles. The lowest BCUT2D eigenvalue weighted by Crippen LogP contribution is -2.48. The van der Waals surface area contributed by atoms with Crippen LogP contribution in [0.25, 0.3) is 0 Å². The monoisotopic (exact) mass is 430 g/mol. The van der Waals surface area contributed by atoms with Gasteiger partial charge in [-0.2, -0.15) is 0 Å². The van der Waals surface area contributed by atoms with Crippen LogP contribution in [0, 0.1) is 34.5 Å². The minimum Gasteiger partial charge on any atom is -0.375 e. The molecule has 1 saturated carbocycles. The zero-order chi connectivity index (χ0) is 22.9. The van der Waals surface area contributed by atoms with Crippen LogP contribution >= 0.6 is 0 Å². The first-order chi connectivity index (χ1) is 14.3. The molecule has 0 spiro atoms. The van der Waals surface area contributed by atoms with Crippen molar-refractivity contribution in [3.8, 4) is 11.8 Å². The molecule has 0 radical (unpaired) electrons. The van der Waals surface area contributed by atoms with Gasteiger partial charge in [-0.05, 0) is 97.6 Å². The number of nitrogens with zero attached hydrogens (tertiary/aromatic N) is 2. The van der Waals surface area contributed by atoms with Gasteiger partial charge in [-0.25, -0.2) is 0 Å². The van der Waals surface area contributed by atoms with Gasteiger partial charge in [0.05, 0.1) is 12.2 Å². The van der Waals surface area contributed by atoms with Crippen LogP contribution in [0.4, 0.5) is 0 Å². The molecular formula is C28H50N2O. The van der Waals surface area contributed by atoms with Gasteiger partial charge in [-0.15, -0.1) is 0 Å². The predicted molar refractivity (Wildman–Crippen MR) is 132 cm³/mol. The highest BCUT2D eigenvalue weighted by atomic mass is 16.5. The summed E-state index contributed by atoms with van der Waals surface area (Å²) in [6, 6.07) is 0. The average molecular weight is 431 g/mol. The SMILES string of the molecule is CC(C)(C)N1CCC(CN2CCC(OC3CC(C#CC(C)(C)C(C)(C)C)C3)CC2)CC1. The molecule has 1 aliphatic carbocycles. The standard InChI is InChI=1S/C28H50N2O/c1-26(2,3)28(7,8)14-9-23-19-25(20-23)31-24-12-15-29(16-13-24)21-22-10-17-30(18-11-22)27(4,5)6/h22-25H,10-13,15-21H2,1-8H3. The molecule has 3 fully saturated rings. The summed E-state index contributed by atoms with van der Waals surface area (Å²) in [4.78, 5) is 5.37. The van der Waals surface area contributed by atoms with Crippen LogP contribution in [0.1, 0.15) is 93.9 Å². The van der Waals surface area contributed by atoms with Crippen molar-refractivity contribution in [3.05, 3.63) is 0 Å². The summed E-state index contributed by atoms with van der Waals surface area (Å²) in [6.45, 7) is 24.7. The fourth-order valence-electron chi connectivity index (χ4n) is 4.92. The first kappa shape index (κ1) is 25.1. The number of likely N-dealkylation sites (tertiary alicyclic amines) is 2. The Labute approximate surface area is 193 Å². The molecule has 3 aliphatic rings. The Morgan fingerprint density at radius 3 is 1.87 bits per heavy atom. The van der Waals surface area contributed by atoms with E-state index >= 15 is 0 Å². The van der Waals surface area contributed by atoms with Crippen LogP contribution in [0.3, 0.4) is 0 Å². The summed E-state index contributed by atoms with van der Waals surface area (Å²) in [5.41, 5.74) is 0.613. The fraction of sp³-hybridized carbons (Fsp3) is 0.929. The van der Waals surface area contributed by atoms with Crippen molar-refractivity contribution in [1.82, 2.24) is 9.80 Å². The van der Waals surface area contributed by atoms with Crippen molar-refractivity contribution in [1.29, 1.82) is 0 Å². The van der Waals surface area contributed by atoms with E-state index < -0.39 is 0 Å². The molecule has 2 heterocycles. The topological polar surface area (TPSA) is 15.7 Å². The number of hydrogen-bond acceptors (Lipinski definition) is 3. The first-order valence-corrected chi connectivity index (χ1v) is 13.0. The molecule has 3 nitrogen and oxygen atoms in total. The van der Waals surface area contributed by atoms with Crippen LogP contribution < -0.4 is 0 Å². The van der Waals surface area contributed by atoms with Gasteiger partial charge in [0.25, 0.3) is 0 Å². The minimum absolute atomic E-state index is 0.0646. The summed E-state index contributed by atoms with van der Waals surface area (Å²) >= 11 is 0. The molecule has 2 saturated heterocycles. The van der Waals surface area contributed by atoms with Gasteiger partial charge in [-0.3, -0.25) is 4.90 Å². The predicted octanol–water partition coefficient (Wildman–Crippen LogP) is 5.83. The van der Waals surface area contributed by atoms with Gasteiger partial charge in [0.15, 0.2) is 0 Å². The summed E-state index contributed by atoms with van der Waals surface area (Å²) in [5, 5.41) is 0. The van der Waals surface area contributed by atoms with E-state index in [1.54, 1.807) is 0 Å². The highest BCUT2D eigenvalue weighted by molar-refractivity contribution is 5.17. The molecule has 0 aromatic carbocycles. The van der Waals surface area contributed by atoms with Crippen LogP contribution in [0.2, 0.25) is 0 Å². The quantitative estimate of drug-likeness (QED) is 0.522. The Bertz CT molecular complexity index is 623. The van der Waals surface area contributed by atoms with Crippen LogP contribution in [-0.2, 0) is 4.74 Å². The summed E-state index contributed by atoms with van der Waals surface area (Å²) < 4.78 is 6.45. The molecule has 0 bridgehead atoms. The lowest BCUT2D eigenvalue weighted by molar-refractivity contribution is -0.0860. The van der Waals surface area contributed by atoms with Crippen molar-refractivity contribution < 1.29 is 4.74 Å². The van der Waals surface area contributed by atoms with E-state index in [1.807, 2.05) is 0 Å². The third-order valence-corrected chi connectivity index (χ3v) is 8.56. The number of hydrogen-bond donors (Lipinski definition) is 0. The molecule has 0 N–H and O–H groups in total. The maximum Gasteiger partial charge on any atom is 0.0603 e. The summed E-state index contributed by atoms with van der Waals surface area (Å²) in [5.74, 6) is 8.56. The molecule has 0 amide bonds. The maximum atomic E-state index is 6.45. The third-order valence-electron chi connectivity index (χ3n) is 8.56. The molecule has 0 aromatic heterocycles. The van der Waals surface area contributed by atoms with E-state index in [-0.39, 0.29) is 10.8 Å². The van der Waals surface area contributed by atoms with Crippen LogP contribution in [0.15, 0.2) is 0 Å². The average Bonchev–Trinajstić information content (AvgIpc) is 2.63. The molecule has 0 aromatic rings. The van der Waals surface area contributed by atoms with Crippen molar-refractivity contribution in [2.45, 2.75) is 112 Å². The van der Waals surface area contributed by atoms with Gasteiger partial charge in [0, 0.05) is 36.5 Å². The molecule has 0 unspecified atom stereocenters. The Hall–Kier alpha value is -0.560. The fourth-order valence-corrected chi connectivity index (χ4v) is 4.92. The van der Waals surface area contributed by atoms with Crippen molar-refractivity contribution >= 4 is 0 Å². The van der Waals surface area contributed by atoms with E-state index in [4.69, 9.17) is 4.74 Å². The Morgan fingerprint density at radius 2 is 1.35 bits per heavy atom. The molecular weight excluding hydrogens is 380 g/mol. The van der Waals surface area contributed by atoms with E-state index in [0.717, 1.165) is 18.8 Å². The van der Waals surface area contributed by atoms with Gasteiger partial charge >= 0.3 is 0 Å². The molecule has 3 rings (SSSR count). The number of ether oxygens (including phenoxy) is 1. The molecule has 0 atom stereocenters. The van der Waals surface area contributed by atoms with E-state index in [9.17, 15) is 0 Å². The Morgan fingerprint density at radius 1 is 0.774 bits per heavy atom. The Balaban J connectivity index is 1.31. The van der Waals surface area contributed by atoms with Gasteiger partial charge in [-0.1, -0.05) is 32.6 Å². The number of rotatable bonds is 4.